The molecular formula is C29H34ClN2O7+. The molecule has 2 aromatic rings. The Hall–Kier alpha value is -2.98. The van der Waals surface area contributed by atoms with E-state index in [1.165, 1.54) is 21.1 Å². The molecule has 1 amide bonds. The smallest absolute Gasteiger partial charge is 0.367 e. The molecule has 3 aliphatic rings. The average Bonchev–Trinajstić information content (AvgIpc) is 3.76. The summed E-state index contributed by atoms with van der Waals surface area (Å²) >= 11 is 6.42. The normalized spacial score (nSPS) is 28.8. The fraction of sp³-hybridized carbons (Fsp3) is 0.483. The lowest BCUT2D eigenvalue weighted by Crippen LogP contribution is -2.79. The molecule has 0 bridgehead atoms. The van der Waals surface area contributed by atoms with Crippen molar-refractivity contribution in [3.05, 3.63) is 52.5 Å². The highest BCUT2D eigenvalue weighted by Gasteiger charge is 2.71. The van der Waals surface area contributed by atoms with Gasteiger partial charge in [0.15, 0.2) is 11.5 Å². The molecule has 2 heterocycles. The predicted molar refractivity (Wildman–Crippen MR) is 145 cm³/mol. The molecule has 4 atom stereocenters. The number of carboxylic acid groups (broad SMARTS) is 1. The first-order valence-electron chi connectivity index (χ1n) is 13.2. The van der Waals surface area contributed by atoms with E-state index in [1.54, 1.807) is 36.4 Å². The molecule has 1 aliphatic carbocycles. The Kier molecular flexibility index (Phi) is 7.45. The van der Waals surface area contributed by atoms with Crippen LogP contribution in [0.4, 0.5) is 5.69 Å². The van der Waals surface area contributed by atoms with Crippen molar-refractivity contribution < 1.29 is 33.7 Å². The molecule has 1 unspecified atom stereocenters. The number of Topliss-reactive ketones (excluding diaryl/α,β-unsaturated/α-hetero) is 1. The maximum absolute atomic E-state index is 15.2. The van der Waals surface area contributed by atoms with Gasteiger partial charge in [0.05, 0.1) is 33.3 Å². The molecule has 208 valence electrons. The fourth-order valence-electron chi connectivity index (χ4n) is 6.62. The van der Waals surface area contributed by atoms with E-state index in [9.17, 15) is 14.7 Å². The number of rotatable bonds is 8. The number of carbonyl (C=O) groups is 3. The maximum atomic E-state index is 15.2. The predicted octanol–water partition coefficient (Wildman–Crippen LogP) is 3.89. The highest BCUT2D eigenvalue weighted by atomic mass is 35.5. The zero-order chi connectivity index (χ0) is 27.9. The third-order valence-electron chi connectivity index (χ3n) is 8.55. The number of methoxy groups -OCH3 is 2. The van der Waals surface area contributed by atoms with Crippen molar-refractivity contribution in [2.45, 2.75) is 44.4 Å². The van der Waals surface area contributed by atoms with Crippen LogP contribution in [-0.4, -0.2) is 62.2 Å². The van der Waals surface area contributed by atoms with Gasteiger partial charge < -0.3 is 24.6 Å². The summed E-state index contributed by atoms with van der Waals surface area (Å²) in [6.45, 7) is 2.19. The third kappa shape index (κ3) is 4.32. The van der Waals surface area contributed by atoms with E-state index < -0.39 is 33.9 Å². The molecule has 2 aromatic carbocycles. The van der Waals surface area contributed by atoms with Gasteiger partial charge >= 0.3 is 11.9 Å². The van der Waals surface area contributed by atoms with Crippen molar-refractivity contribution in [2.24, 2.45) is 11.8 Å². The first kappa shape index (κ1) is 27.6. The summed E-state index contributed by atoms with van der Waals surface area (Å²) in [6.07, 6.45) is 0.666. The fourth-order valence-corrected chi connectivity index (χ4v) is 6.82. The van der Waals surface area contributed by atoms with Crippen LogP contribution in [0.1, 0.15) is 43.4 Å². The van der Waals surface area contributed by atoms with Gasteiger partial charge in [-0.3, -0.25) is 4.79 Å². The average molecular weight is 558 g/mol. The van der Waals surface area contributed by atoms with Gasteiger partial charge in [0.1, 0.15) is 11.5 Å². The minimum atomic E-state index is -1.75. The van der Waals surface area contributed by atoms with E-state index in [1.807, 2.05) is 0 Å². The largest absolute Gasteiger partial charge is 0.493 e. The second-order valence-corrected chi connectivity index (χ2v) is 11.1. The first-order chi connectivity index (χ1) is 18.7. The van der Waals surface area contributed by atoms with Crippen LogP contribution in [0, 0.1) is 11.8 Å². The zero-order valence-corrected chi connectivity index (χ0v) is 23.1. The number of hydrogen-bond acceptors (Lipinski definition) is 7. The Morgan fingerprint density at radius 2 is 1.97 bits per heavy atom. The van der Waals surface area contributed by atoms with Gasteiger partial charge in [0.25, 0.3) is 0 Å². The second kappa shape index (κ2) is 10.5. The van der Waals surface area contributed by atoms with Gasteiger partial charge in [-0.15, -0.1) is 0 Å². The molecule has 5 rings (SSSR count). The number of benzene rings is 2. The molecule has 0 spiro atoms. The van der Waals surface area contributed by atoms with E-state index in [0.717, 1.165) is 12.8 Å². The number of hydrogen-bond donors (Lipinski definition) is 2. The van der Waals surface area contributed by atoms with Crippen LogP contribution in [0.2, 0.25) is 5.02 Å². The van der Waals surface area contributed by atoms with E-state index in [2.05, 4.69) is 5.32 Å². The van der Waals surface area contributed by atoms with Crippen LogP contribution in [0.5, 0.6) is 11.5 Å². The van der Waals surface area contributed by atoms with Gasteiger partial charge in [-0.1, -0.05) is 23.7 Å². The minimum absolute atomic E-state index is 0.0238. The number of carbonyl (C=O) groups excluding carboxylic acids is 2. The zero-order valence-electron chi connectivity index (χ0n) is 22.4. The minimum Gasteiger partial charge on any atom is -0.493 e. The molecular weight excluding hydrogens is 524 g/mol. The van der Waals surface area contributed by atoms with Crippen LogP contribution < -0.4 is 19.3 Å². The van der Waals surface area contributed by atoms with Gasteiger partial charge in [-0.2, -0.15) is 0 Å². The SMILES string of the molecule is COc1cccc(C2OCc3cc(Cl)ccc3[N@+](CC3CC3)([C@@]3(C(=O)O)CCNC[C@@H]3C(C)=O)C2=O)c1OC. The number of ether oxygens (including phenoxy) is 3. The first-order valence-corrected chi connectivity index (χ1v) is 13.6. The van der Waals surface area contributed by atoms with Crippen molar-refractivity contribution in [3.63, 3.8) is 0 Å². The lowest BCUT2D eigenvalue weighted by molar-refractivity contribution is -0.171. The van der Waals surface area contributed by atoms with Crippen molar-refractivity contribution >= 4 is 34.9 Å². The Bertz CT molecular complexity index is 1310. The van der Waals surface area contributed by atoms with Crippen LogP contribution in [0.3, 0.4) is 0 Å². The van der Waals surface area contributed by atoms with Crippen LogP contribution in [0.25, 0.3) is 0 Å². The van der Waals surface area contributed by atoms with E-state index in [0.29, 0.717) is 39.9 Å². The molecule has 10 heteroatoms. The standard InChI is InChI=1S/C29H33ClN2O7/c1-17(33)22-14-31-12-11-29(22,28(35)36)32(15-18-7-8-18)23-10-9-20(30)13-19(23)16-39-26(27(32)34)21-5-4-6-24(37-2)25(21)38-3/h4-6,9-10,13,18,22,26,31H,7-8,11-12,14-16H2,1-3H3/p+1/t22-,26?,29+,32+/m1/s1. The topological polar surface area (TPSA) is 111 Å². The number of para-hydroxylation sites is 1. The number of aliphatic carboxylic acids is 1. The quantitative estimate of drug-likeness (QED) is 0.470. The van der Waals surface area contributed by atoms with Crippen LogP contribution in [0.15, 0.2) is 36.4 Å². The summed E-state index contributed by atoms with van der Waals surface area (Å²) in [5, 5.41) is 14.8. The molecule has 2 aliphatic heterocycles. The Morgan fingerprint density at radius 3 is 2.62 bits per heavy atom. The summed E-state index contributed by atoms with van der Waals surface area (Å²) in [5.74, 6) is -1.94. The van der Waals surface area contributed by atoms with Gasteiger partial charge in [0.2, 0.25) is 11.6 Å². The number of piperidine rings is 1. The van der Waals surface area contributed by atoms with Crippen molar-refractivity contribution in [2.75, 3.05) is 33.9 Å². The van der Waals surface area contributed by atoms with Gasteiger partial charge in [-0.05, 0) is 38.0 Å². The number of carboxylic acids is 1. The molecule has 0 aromatic heterocycles. The number of quaternary nitrogens is 1. The maximum Gasteiger partial charge on any atom is 0.367 e. The molecule has 0 radical (unpaired) electrons. The summed E-state index contributed by atoms with van der Waals surface area (Å²) < 4.78 is 17.0. The van der Waals surface area contributed by atoms with Crippen molar-refractivity contribution in [3.8, 4) is 11.5 Å². The lowest BCUT2D eigenvalue weighted by atomic mass is 9.71. The summed E-state index contributed by atoms with van der Waals surface area (Å²) in [4.78, 5) is 42.1. The monoisotopic (exact) mass is 557 g/mol. The second-order valence-electron chi connectivity index (χ2n) is 10.7. The van der Waals surface area contributed by atoms with Gasteiger partial charge in [0, 0.05) is 47.6 Å². The summed E-state index contributed by atoms with van der Waals surface area (Å²) in [5.41, 5.74) is -0.163. The van der Waals surface area contributed by atoms with Crippen molar-refractivity contribution in [1.29, 1.82) is 0 Å². The number of halogens is 1. The molecule has 1 saturated heterocycles. The number of nitrogens with one attached hydrogen (secondary N) is 1. The number of fused-ring (bicyclic) bond motifs is 1. The number of nitrogens with zero attached hydrogens (tertiary/aromatic N) is 1. The Labute approximate surface area is 232 Å². The number of amides is 1. The molecule has 39 heavy (non-hydrogen) atoms. The van der Waals surface area contributed by atoms with Crippen LogP contribution >= 0.6 is 11.6 Å². The summed E-state index contributed by atoms with van der Waals surface area (Å²) in [6, 6.07) is 10.4. The van der Waals surface area contributed by atoms with E-state index in [-0.39, 0.29) is 37.8 Å². The Balaban J connectivity index is 1.85. The lowest BCUT2D eigenvalue weighted by Gasteiger charge is -2.53. The highest BCUT2D eigenvalue weighted by Crippen LogP contribution is 2.52. The molecule has 9 nitrogen and oxygen atoms in total. The molecule has 2 N–H and O–H groups in total. The van der Waals surface area contributed by atoms with Crippen molar-refractivity contribution in [1.82, 2.24) is 9.80 Å². The van der Waals surface area contributed by atoms with E-state index >= 15 is 4.79 Å². The Morgan fingerprint density at radius 1 is 1.21 bits per heavy atom. The third-order valence-corrected chi connectivity index (χ3v) is 8.79. The molecule has 1 saturated carbocycles. The molecule has 2 fully saturated rings. The van der Waals surface area contributed by atoms with E-state index in [4.69, 9.17) is 25.8 Å². The van der Waals surface area contributed by atoms with Gasteiger partial charge in [-0.25, -0.2) is 14.1 Å². The van der Waals surface area contributed by atoms with Crippen LogP contribution in [-0.2, 0) is 25.7 Å². The highest BCUT2D eigenvalue weighted by molar-refractivity contribution is 6.30. The number of ketones is 1. The summed E-state index contributed by atoms with van der Waals surface area (Å²) in [7, 11) is 3.00.